The third-order valence-electron chi connectivity index (χ3n) is 3.40. The molecule has 0 aliphatic rings. The molecular formula is C15H23N3OS. The summed E-state index contributed by atoms with van der Waals surface area (Å²) in [6.45, 7) is 7.30. The molecule has 2 aromatic rings. The summed E-state index contributed by atoms with van der Waals surface area (Å²) in [7, 11) is 0. The normalized spacial score (nSPS) is 13.2. The zero-order valence-electron chi connectivity index (χ0n) is 12.4. The Balaban J connectivity index is 1.87. The van der Waals surface area contributed by atoms with Gasteiger partial charge in [0, 0.05) is 6.04 Å². The molecule has 0 saturated carbocycles. The summed E-state index contributed by atoms with van der Waals surface area (Å²) >= 11 is 1.43. The number of nitrogens with zero attached hydrogens (tertiary/aromatic N) is 1. The van der Waals surface area contributed by atoms with Crippen molar-refractivity contribution in [1.29, 1.82) is 0 Å². The molecule has 0 fully saturated rings. The van der Waals surface area contributed by atoms with Crippen LogP contribution < -0.4 is 10.9 Å². The molecule has 0 aliphatic carbocycles. The van der Waals surface area contributed by atoms with Crippen LogP contribution in [-0.4, -0.2) is 16.0 Å². The fourth-order valence-corrected chi connectivity index (χ4v) is 2.94. The van der Waals surface area contributed by atoms with E-state index in [-0.39, 0.29) is 5.56 Å². The lowest BCUT2D eigenvalue weighted by Gasteiger charge is -2.14. The van der Waals surface area contributed by atoms with Gasteiger partial charge in [-0.25, -0.2) is 4.98 Å². The first-order valence-corrected chi connectivity index (χ1v) is 8.14. The first-order chi connectivity index (χ1) is 9.56. The predicted octanol–water partition coefficient (Wildman–Crippen LogP) is 3.29. The van der Waals surface area contributed by atoms with Crippen molar-refractivity contribution >= 4 is 21.6 Å². The minimum atomic E-state index is -0.0331. The van der Waals surface area contributed by atoms with Gasteiger partial charge in [-0.05, 0) is 30.7 Å². The van der Waals surface area contributed by atoms with E-state index < -0.39 is 0 Å². The maximum Gasteiger partial charge on any atom is 0.268 e. The largest absolute Gasteiger partial charge is 0.308 e. The highest BCUT2D eigenvalue weighted by atomic mass is 32.1. The van der Waals surface area contributed by atoms with Crippen molar-refractivity contribution in [3.05, 3.63) is 27.6 Å². The van der Waals surface area contributed by atoms with Gasteiger partial charge in [-0.2, -0.15) is 0 Å². The number of hydrogen-bond donors (Lipinski definition) is 2. The Kier molecular flexibility index (Phi) is 5.31. The molecule has 0 amide bonds. The van der Waals surface area contributed by atoms with Gasteiger partial charge >= 0.3 is 0 Å². The molecular weight excluding hydrogens is 270 g/mol. The van der Waals surface area contributed by atoms with E-state index >= 15 is 0 Å². The second-order valence-corrected chi connectivity index (χ2v) is 6.67. The molecule has 0 radical (unpaired) electrons. The maximum atomic E-state index is 11.8. The van der Waals surface area contributed by atoms with Crippen molar-refractivity contribution in [2.24, 2.45) is 5.92 Å². The number of hydrogen-bond acceptors (Lipinski definition) is 4. The van der Waals surface area contributed by atoms with E-state index in [9.17, 15) is 4.79 Å². The Morgan fingerprint density at radius 2 is 2.15 bits per heavy atom. The molecule has 1 atom stereocenters. The van der Waals surface area contributed by atoms with E-state index in [0.717, 1.165) is 23.7 Å². The monoisotopic (exact) mass is 293 g/mol. The van der Waals surface area contributed by atoms with E-state index in [4.69, 9.17) is 0 Å². The van der Waals surface area contributed by atoms with Crippen LogP contribution >= 0.6 is 11.3 Å². The van der Waals surface area contributed by atoms with Crippen molar-refractivity contribution in [2.45, 2.75) is 52.6 Å². The molecule has 5 heteroatoms. The number of thiophene rings is 1. The predicted molar refractivity (Wildman–Crippen MR) is 85.2 cm³/mol. The minimum absolute atomic E-state index is 0.0331. The van der Waals surface area contributed by atoms with E-state index in [1.165, 1.54) is 24.2 Å². The van der Waals surface area contributed by atoms with E-state index in [2.05, 4.69) is 36.1 Å². The van der Waals surface area contributed by atoms with Gasteiger partial charge < -0.3 is 10.3 Å². The number of nitrogens with one attached hydrogen (secondary N) is 2. The van der Waals surface area contributed by atoms with Gasteiger partial charge in [0.05, 0.1) is 12.1 Å². The van der Waals surface area contributed by atoms with E-state index in [1.807, 2.05) is 11.4 Å². The summed E-state index contributed by atoms with van der Waals surface area (Å²) in [5.74, 6) is 1.48. The summed E-state index contributed by atoms with van der Waals surface area (Å²) in [5, 5.41) is 5.33. The van der Waals surface area contributed by atoms with Crippen LogP contribution in [0.15, 0.2) is 16.2 Å². The third kappa shape index (κ3) is 4.15. The highest BCUT2D eigenvalue weighted by Gasteiger charge is 2.07. The van der Waals surface area contributed by atoms with Crippen LogP contribution in [0.1, 0.15) is 45.9 Å². The van der Waals surface area contributed by atoms with Crippen molar-refractivity contribution in [2.75, 3.05) is 0 Å². The standard InChI is InChI=1S/C15H23N3OS/c1-10(2)5-4-6-11(3)16-9-13-17-12-7-8-20-14(12)15(19)18-13/h7-8,10-11,16H,4-6,9H2,1-3H3,(H,17,18,19). The number of rotatable bonds is 7. The molecule has 0 aromatic carbocycles. The Morgan fingerprint density at radius 3 is 2.90 bits per heavy atom. The summed E-state index contributed by atoms with van der Waals surface area (Å²) in [6.07, 6.45) is 3.66. The van der Waals surface area contributed by atoms with Crippen LogP contribution in [0.5, 0.6) is 0 Å². The van der Waals surface area contributed by atoms with Gasteiger partial charge in [0.2, 0.25) is 0 Å². The number of aromatic nitrogens is 2. The van der Waals surface area contributed by atoms with Crippen LogP contribution in [0.4, 0.5) is 0 Å². The van der Waals surface area contributed by atoms with Crippen molar-refractivity contribution < 1.29 is 0 Å². The van der Waals surface area contributed by atoms with Crippen molar-refractivity contribution in [3.8, 4) is 0 Å². The van der Waals surface area contributed by atoms with Crippen LogP contribution in [0.25, 0.3) is 10.2 Å². The zero-order valence-corrected chi connectivity index (χ0v) is 13.2. The lowest BCUT2D eigenvalue weighted by atomic mass is 10.0. The van der Waals surface area contributed by atoms with Crippen LogP contribution in [0.2, 0.25) is 0 Å². The number of aromatic amines is 1. The number of H-pyrrole nitrogens is 1. The average molecular weight is 293 g/mol. The first-order valence-electron chi connectivity index (χ1n) is 7.26. The van der Waals surface area contributed by atoms with Gasteiger partial charge in [0.25, 0.3) is 5.56 Å². The zero-order chi connectivity index (χ0) is 14.5. The molecule has 2 heterocycles. The molecule has 0 saturated heterocycles. The second kappa shape index (κ2) is 6.99. The Bertz CT molecular complexity index is 602. The van der Waals surface area contributed by atoms with E-state index in [0.29, 0.717) is 17.3 Å². The summed E-state index contributed by atoms with van der Waals surface area (Å²) in [5.41, 5.74) is 0.761. The van der Waals surface area contributed by atoms with Gasteiger partial charge in [-0.15, -0.1) is 11.3 Å². The van der Waals surface area contributed by atoms with Gasteiger partial charge in [-0.3, -0.25) is 4.79 Å². The summed E-state index contributed by atoms with van der Waals surface area (Å²) < 4.78 is 0.707. The Labute approximate surface area is 123 Å². The molecule has 4 nitrogen and oxygen atoms in total. The molecule has 2 rings (SSSR count). The SMILES string of the molecule is CC(C)CCCC(C)NCc1nc2ccsc2c(=O)[nH]1. The molecule has 0 bridgehead atoms. The van der Waals surface area contributed by atoms with Crippen LogP contribution in [-0.2, 0) is 6.54 Å². The first kappa shape index (κ1) is 15.2. The molecule has 20 heavy (non-hydrogen) atoms. The van der Waals surface area contributed by atoms with Crippen LogP contribution in [0, 0.1) is 5.92 Å². The lowest BCUT2D eigenvalue weighted by Crippen LogP contribution is -2.27. The molecule has 0 aliphatic heterocycles. The smallest absolute Gasteiger partial charge is 0.268 e. The van der Waals surface area contributed by atoms with Gasteiger partial charge in [-0.1, -0.05) is 26.7 Å². The van der Waals surface area contributed by atoms with Crippen LogP contribution in [0.3, 0.4) is 0 Å². The summed E-state index contributed by atoms with van der Waals surface area (Å²) in [4.78, 5) is 19.2. The fourth-order valence-electron chi connectivity index (χ4n) is 2.21. The van der Waals surface area contributed by atoms with Crippen molar-refractivity contribution in [1.82, 2.24) is 15.3 Å². The number of fused-ring (bicyclic) bond motifs is 1. The lowest BCUT2D eigenvalue weighted by molar-refractivity contribution is 0.453. The van der Waals surface area contributed by atoms with Gasteiger partial charge in [0.15, 0.2) is 0 Å². The second-order valence-electron chi connectivity index (χ2n) is 5.75. The quantitative estimate of drug-likeness (QED) is 0.823. The molecule has 110 valence electrons. The maximum absolute atomic E-state index is 11.8. The summed E-state index contributed by atoms with van der Waals surface area (Å²) in [6, 6.07) is 2.34. The molecule has 1 unspecified atom stereocenters. The highest BCUT2D eigenvalue weighted by Crippen LogP contribution is 2.13. The Hall–Kier alpha value is -1.20. The molecule has 2 aromatic heterocycles. The average Bonchev–Trinajstić information content (AvgIpc) is 2.84. The van der Waals surface area contributed by atoms with E-state index in [1.54, 1.807) is 0 Å². The fraction of sp³-hybridized carbons (Fsp3) is 0.600. The molecule has 2 N–H and O–H groups in total. The Morgan fingerprint density at radius 1 is 1.35 bits per heavy atom. The highest BCUT2D eigenvalue weighted by molar-refractivity contribution is 7.17. The molecule has 0 spiro atoms. The minimum Gasteiger partial charge on any atom is -0.308 e. The third-order valence-corrected chi connectivity index (χ3v) is 4.30. The topological polar surface area (TPSA) is 57.8 Å². The van der Waals surface area contributed by atoms with Crippen molar-refractivity contribution in [3.63, 3.8) is 0 Å². The van der Waals surface area contributed by atoms with Gasteiger partial charge in [0.1, 0.15) is 10.5 Å².